The Hall–Kier alpha value is -3.05. The average Bonchev–Trinajstić information content (AvgIpc) is 3.10. The summed E-state index contributed by atoms with van der Waals surface area (Å²) in [5.41, 5.74) is 2.16. The molecule has 7 nitrogen and oxygen atoms in total. The Labute approximate surface area is 173 Å². The van der Waals surface area contributed by atoms with E-state index < -0.39 is 36.2 Å². The van der Waals surface area contributed by atoms with Gasteiger partial charge in [-0.3, -0.25) is 9.59 Å². The summed E-state index contributed by atoms with van der Waals surface area (Å²) < 4.78 is 5.12. The summed E-state index contributed by atoms with van der Waals surface area (Å²) in [4.78, 5) is 41.4. The summed E-state index contributed by atoms with van der Waals surface area (Å²) in [6.07, 6.45) is 0. The van der Waals surface area contributed by atoms with Crippen LogP contribution in [0.2, 0.25) is 0 Å². The molecule has 0 radical (unpaired) electrons. The summed E-state index contributed by atoms with van der Waals surface area (Å²) in [6.45, 7) is 6.65. The minimum Gasteiger partial charge on any atom is -0.456 e. The van der Waals surface area contributed by atoms with Crippen molar-refractivity contribution < 1.29 is 19.1 Å². The van der Waals surface area contributed by atoms with Crippen molar-refractivity contribution in [1.29, 1.82) is 5.26 Å². The number of aryl methyl sites for hydroxylation is 2. The van der Waals surface area contributed by atoms with E-state index in [9.17, 15) is 19.6 Å². The summed E-state index contributed by atoms with van der Waals surface area (Å²) >= 11 is 1.21. The number of thiazole rings is 1. The number of ether oxygens (including phenoxy) is 1. The molecule has 2 rings (SSSR count). The van der Waals surface area contributed by atoms with Crippen molar-refractivity contribution in [3.05, 3.63) is 51.5 Å². The highest BCUT2D eigenvalue weighted by Crippen LogP contribution is 2.21. The molecule has 1 aromatic heterocycles. The van der Waals surface area contributed by atoms with Crippen LogP contribution in [0, 0.1) is 31.1 Å². The number of ketones is 1. The molecule has 0 bridgehead atoms. The van der Waals surface area contributed by atoms with E-state index in [4.69, 9.17) is 4.74 Å². The normalized spacial score (nSPS) is 12.7. The highest BCUT2D eigenvalue weighted by Gasteiger charge is 2.29. The predicted molar refractivity (Wildman–Crippen MR) is 108 cm³/mol. The Morgan fingerprint density at radius 2 is 1.86 bits per heavy atom. The lowest BCUT2D eigenvalue weighted by Gasteiger charge is -2.21. The molecule has 0 aliphatic rings. The Bertz CT molecular complexity index is 928. The van der Waals surface area contributed by atoms with Gasteiger partial charge in [0.15, 0.2) is 18.3 Å². The maximum atomic E-state index is 12.5. The van der Waals surface area contributed by atoms with E-state index >= 15 is 0 Å². The number of esters is 1. The van der Waals surface area contributed by atoms with E-state index in [0.29, 0.717) is 16.3 Å². The number of benzene rings is 1. The molecule has 29 heavy (non-hydrogen) atoms. The van der Waals surface area contributed by atoms with Crippen LogP contribution in [0.3, 0.4) is 0 Å². The quantitative estimate of drug-likeness (QED) is 0.667. The molecule has 1 aromatic carbocycles. The number of hydrogen-bond acceptors (Lipinski definition) is 7. The maximum Gasteiger partial charge on any atom is 0.329 e. The van der Waals surface area contributed by atoms with E-state index in [1.165, 1.54) is 11.3 Å². The Balaban J connectivity index is 2.00. The van der Waals surface area contributed by atoms with Gasteiger partial charge in [0.2, 0.25) is 0 Å². The van der Waals surface area contributed by atoms with Gasteiger partial charge < -0.3 is 10.1 Å². The molecule has 152 valence electrons. The fraction of sp³-hybridized carbons (Fsp3) is 0.381. The molecule has 0 spiro atoms. The van der Waals surface area contributed by atoms with Gasteiger partial charge in [0.25, 0.3) is 5.91 Å². The fourth-order valence-electron chi connectivity index (χ4n) is 2.51. The summed E-state index contributed by atoms with van der Waals surface area (Å²) in [7, 11) is 0. The number of nitriles is 1. The zero-order chi connectivity index (χ0) is 21.6. The Morgan fingerprint density at radius 3 is 2.38 bits per heavy atom. The van der Waals surface area contributed by atoms with Crippen LogP contribution in [-0.2, 0) is 14.3 Å². The molecule has 0 aliphatic heterocycles. The summed E-state index contributed by atoms with van der Waals surface area (Å²) in [6, 6.07) is 7.94. The van der Waals surface area contributed by atoms with Crippen molar-refractivity contribution in [1.82, 2.24) is 10.3 Å². The SMILES string of the molecule is Cc1ccc(C(=O)N[C@H](C(=O)OCC(=O)[C@@H](C#N)c2nc(C)cs2)C(C)C)cc1. The Kier molecular flexibility index (Phi) is 7.62. The molecule has 1 N–H and O–H groups in total. The molecule has 8 heteroatoms. The lowest BCUT2D eigenvalue weighted by Crippen LogP contribution is -2.45. The lowest BCUT2D eigenvalue weighted by atomic mass is 10.0. The first-order chi connectivity index (χ1) is 13.7. The van der Waals surface area contributed by atoms with E-state index in [1.807, 2.05) is 13.0 Å². The van der Waals surface area contributed by atoms with Crippen LogP contribution >= 0.6 is 11.3 Å². The number of nitrogens with one attached hydrogen (secondary N) is 1. The van der Waals surface area contributed by atoms with Crippen LogP contribution in [-0.4, -0.2) is 35.3 Å². The van der Waals surface area contributed by atoms with Crippen molar-refractivity contribution >= 4 is 29.0 Å². The maximum absolute atomic E-state index is 12.5. The van der Waals surface area contributed by atoms with Crippen molar-refractivity contribution in [3.63, 3.8) is 0 Å². The zero-order valence-corrected chi connectivity index (χ0v) is 17.6. The molecule has 2 atom stereocenters. The van der Waals surface area contributed by atoms with Gasteiger partial charge in [0.05, 0.1) is 6.07 Å². The third kappa shape index (κ3) is 5.96. The molecule has 2 aromatic rings. The van der Waals surface area contributed by atoms with Gasteiger partial charge in [0, 0.05) is 16.6 Å². The van der Waals surface area contributed by atoms with E-state index in [0.717, 1.165) is 5.56 Å². The number of amides is 1. The highest BCUT2D eigenvalue weighted by atomic mass is 32.1. The van der Waals surface area contributed by atoms with Crippen LogP contribution in [0.1, 0.15) is 46.4 Å². The molecule has 0 unspecified atom stereocenters. The van der Waals surface area contributed by atoms with Gasteiger partial charge in [-0.25, -0.2) is 9.78 Å². The predicted octanol–water partition coefficient (Wildman–Crippen LogP) is 2.93. The Morgan fingerprint density at radius 1 is 1.21 bits per heavy atom. The van der Waals surface area contributed by atoms with Gasteiger partial charge in [-0.1, -0.05) is 31.5 Å². The van der Waals surface area contributed by atoms with Crippen LogP contribution in [0.4, 0.5) is 0 Å². The lowest BCUT2D eigenvalue weighted by molar-refractivity contribution is -0.151. The standard InChI is InChI=1S/C21H23N3O4S/c1-12(2)18(24-19(26)15-7-5-13(3)6-8-15)21(27)28-10-17(25)16(9-22)20-23-14(4)11-29-20/h5-8,11-12,16,18H,10H2,1-4H3,(H,24,26)/t16-,18+/m1/s1. The number of nitrogens with zero attached hydrogens (tertiary/aromatic N) is 2. The molecule has 1 amide bonds. The molecule has 0 saturated carbocycles. The van der Waals surface area contributed by atoms with Crippen LogP contribution < -0.4 is 5.32 Å². The van der Waals surface area contributed by atoms with Gasteiger partial charge >= 0.3 is 5.97 Å². The van der Waals surface area contributed by atoms with Crippen LogP contribution in [0.25, 0.3) is 0 Å². The smallest absolute Gasteiger partial charge is 0.329 e. The second-order valence-electron chi connectivity index (χ2n) is 7.02. The zero-order valence-electron chi connectivity index (χ0n) is 16.8. The second-order valence-corrected chi connectivity index (χ2v) is 7.91. The number of aromatic nitrogens is 1. The second kappa shape index (κ2) is 9.94. The largest absolute Gasteiger partial charge is 0.456 e. The highest BCUT2D eigenvalue weighted by molar-refractivity contribution is 7.09. The molecule has 0 saturated heterocycles. The number of carbonyl (C=O) groups is 3. The van der Waals surface area contributed by atoms with Crippen molar-refractivity contribution in [2.45, 2.75) is 39.7 Å². The van der Waals surface area contributed by atoms with Crippen molar-refractivity contribution in [3.8, 4) is 6.07 Å². The third-order valence-electron chi connectivity index (χ3n) is 4.21. The summed E-state index contributed by atoms with van der Waals surface area (Å²) in [5, 5.41) is 14.1. The molecular weight excluding hydrogens is 390 g/mol. The number of hydrogen-bond donors (Lipinski definition) is 1. The minimum absolute atomic E-state index is 0.250. The average molecular weight is 413 g/mol. The number of carbonyl (C=O) groups excluding carboxylic acids is 3. The topological polar surface area (TPSA) is 109 Å². The van der Waals surface area contributed by atoms with Gasteiger partial charge in [-0.15, -0.1) is 11.3 Å². The molecule has 0 fully saturated rings. The number of rotatable bonds is 8. The first-order valence-corrected chi connectivity index (χ1v) is 9.99. The monoisotopic (exact) mass is 413 g/mol. The van der Waals surface area contributed by atoms with Crippen molar-refractivity contribution in [2.24, 2.45) is 5.92 Å². The van der Waals surface area contributed by atoms with Gasteiger partial charge in [-0.2, -0.15) is 5.26 Å². The fourth-order valence-corrected chi connectivity index (χ4v) is 3.37. The molecule has 1 heterocycles. The third-order valence-corrected chi connectivity index (χ3v) is 5.24. The van der Waals surface area contributed by atoms with Gasteiger partial charge in [-0.05, 0) is 31.9 Å². The molecule has 0 aliphatic carbocycles. The summed E-state index contributed by atoms with van der Waals surface area (Å²) in [5.74, 6) is -3.01. The van der Waals surface area contributed by atoms with E-state index in [1.54, 1.807) is 50.4 Å². The minimum atomic E-state index is -1.08. The first kappa shape index (κ1) is 22.2. The van der Waals surface area contributed by atoms with Crippen LogP contribution in [0.5, 0.6) is 0 Å². The van der Waals surface area contributed by atoms with Gasteiger partial charge in [0.1, 0.15) is 11.0 Å². The van der Waals surface area contributed by atoms with E-state index in [2.05, 4.69) is 10.3 Å². The number of Topliss-reactive ketones (excluding diaryl/α,β-unsaturated/α-hetero) is 1. The first-order valence-electron chi connectivity index (χ1n) is 9.11. The van der Waals surface area contributed by atoms with Crippen molar-refractivity contribution in [2.75, 3.05) is 6.61 Å². The molecular formula is C21H23N3O4S. The van der Waals surface area contributed by atoms with E-state index in [-0.39, 0.29) is 5.92 Å². The van der Waals surface area contributed by atoms with Crippen LogP contribution in [0.15, 0.2) is 29.6 Å².